The van der Waals surface area contributed by atoms with Crippen LogP contribution < -0.4 is 16.0 Å². The number of nitrogens with two attached hydrogens (primary N) is 1. The molecule has 1 heterocycles. The van der Waals surface area contributed by atoms with Crippen LogP contribution in [0.1, 0.15) is 20.8 Å². The summed E-state index contributed by atoms with van der Waals surface area (Å²) in [4.78, 5) is 21.5. The Bertz CT molecular complexity index is 394. The van der Waals surface area contributed by atoms with Crippen molar-refractivity contribution in [3.63, 3.8) is 0 Å². The van der Waals surface area contributed by atoms with E-state index in [1.807, 2.05) is 11.8 Å². The molecule has 0 bridgehead atoms. The zero-order valence-electron chi connectivity index (χ0n) is 11.2. The normalized spacial score (nSPS) is 10.4. The van der Waals surface area contributed by atoms with E-state index in [0.717, 1.165) is 6.54 Å². The zero-order chi connectivity index (χ0) is 13.5. The molecule has 6 nitrogen and oxygen atoms in total. The molecule has 0 aromatic carbocycles. The van der Waals surface area contributed by atoms with Crippen molar-refractivity contribution in [3.8, 4) is 0 Å². The molecule has 0 fully saturated rings. The Balaban J connectivity index is 2.88. The van der Waals surface area contributed by atoms with Crippen molar-refractivity contribution in [2.75, 3.05) is 29.9 Å². The quantitative estimate of drug-likeness (QED) is 0.750. The third-order valence-corrected chi connectivity index (χ3v) is 2.24. The standard InChI is InChI=1S/C12H21N5O/c1-4-15-11-5-14-6-12(16-11)17(7-9(2)3)8-10(13)18/h5-6,9H,4,7-8H2,1-3H3,(H2,13,18)(H,15,16). The summed E-state index contributed by atoms with van der Waals surface area (Å²) >= 11 is 0. The molecular formula is C12H21N5O. The van der Waals surface area contributed by atoms with Crippen LogP contribution in [0.15, 0.2) is 12.4 Å². The van der Waals surface area contributed by atoms with Gasteiger partial charge in [0, 0.05) is 13.1 Å². The van der Waals surface area contributed by atoms with Gasteiger partial charge in [-0.15, -0.1) is 0 Å². The largest absolute Gasteiger partial charge is 0.369 e. The summed E-state index contributed by atoms with van der Waals surface area (Å²) in [5, 5.41) is 3.09. The average molecular weight is 251 g/mol. The summed E-state index contributed by atoms with van der Waals surface area (Å²) in [6.07, 6.45) is 3.30. The summed E-state index contributed by atoms with van der Waals surface area (Å²) in [5.74, 6) is 1.41. The number of nitrogens with one attached hydrogen (secondary N) is 1. The molecule has 0 saturated heterocycles. The molecule has 1 aromatic heterocycles. The molecule has 18 heavy (non-hydrogen) atoms. The van der Waals surface area contributed by atoms with Crippen LogP contribution in [0.4, 0.5) is 11.6 Å². The Morgan fingerprint density at radius 3 is 2.78 bits per heavy atom. The number of aromatic nitrogens is 2. The van der Waals surface area contributed by atoms with E-state index in [9.17, 15) is 4.79 Å². The Hall–Kier alpha value is -1.85. The van der Waals surface area contributed by atoms with Crippen molar-refractivity contribution in [2.45, 2.75) is 20.8 Å². The van der Waals surface area contributed by atoms with E-state index in [1.165, 1.54) is 0 Å². The lowest BCUT2D eigenvalue weighted by atomic mass is 10.2. The highest BCUT2D eigenvalue weighted by atomic mass is 16.1. The topological polar surface area (TPSA) is 84.1 Å². The minimum atomic E-state index is -0.369. The van der Waals surface area contributed by atoms with Crippen LogP contribution in [-0.2, 0) is 4.79 Å². The average Bonchev–Trinajstić information content (AvgIpc) is 2.28. The van der Waals surface area contributed by atoms with E-state index in [4.69, 9.17) is 5.73 Å². The van der Waals surface area contributed by atoms with Crippen LogP contribution in [0.25, 0.3) is 0 Å². The molecule has 100 valence electrons. The summed E-state index contributed by atoms with van der Waals surface area (Å²) in [7, 11) is 0. The third kappa shape index (κ3) is 4.57. The summed E-state index contributed by atoms with van der Waals surface area (Å²) in [5.41, 5.74) is 5.26. The predicted octanol–water partition coefficient (Wildman–Crippen LogP) is 0.856. The van der Waals surface area contributed by atoms with E-state index in [1.54, 1.807) is 12.4 Å². The Kier molecular flexibility index (Phi) is 5.35. The summed E-state index contributed by atoms with van der Waals surface area (Å²) in [6.45, 7) is 7.79. The number of carbonyl (C=O) groups is 1. The van der Waals surface area contributed by atoms with Crippen molar-refractivity contribution < 1.29 is 4.79 Å². The van der Waals surface area contributed by atoms with E-state index in [-0.39, 0.29) is 12.5 Å². The molecule has 1 rings (SSSR count). The maximum atomic E-state index is 11.1. The van der Waals surface area contributed by atoms with Crippen molar-refractivity contribution in [3.05, 3.63) is 12.4 Å². The van der Waals surface area contributed by atoms with Gasteiger partial charge in [0.2, 0.25) is 5.91 Å². The molecular weight excluding hydrogens is 230 g/mol. The Labute approximate surface area is 108 Å². The second kappa shape index (κ2) is 6.78. The van der Waals surface area contributed by atoms with Crippen LogP contribution in [0.3, 0.4) is 0 Å². The zero-order valence-corrected chi connectivity index (χ0v) is 11.2. The Morgan fingerprint density at radius 2 is 2.22 bits per heavy atom. The highest BCUT2D eigenvalue weighted by Gasteiger charge is 2.13. The van der Waals surface area contributed by atoms with Gasteiger partial charge in [-0.2, -0.15) is 0 Å². The summed E-state index contributed by atoms with van der Waals surface area (Å²) < 4.78 is 0. The van der Waals surface area contributed by atoms with Crippen LogP contribution >= 0.6 is 0 Å². The van der Waals surface area contributed by atoms with Crippen molar-refractivity contribution in [1.29, 1.82) is 0 Å². The van der Waals surface area contributed by atoms with E-state index in [2.05, 4.69) is 29.1 Å². The first-order valence-electron chi connectivity index (χ1n) is 6.12. The number of rotatable bonds is 7. The predicted molar refractivity (Wildman–Crippen MR) is 72.4 cm³/mol. The highest BCUT2D eigenvalue weighted by Crippen LogP contribution is 2.13. The van der Waals surface area contributed by atoms with Crippen molar-refractivity contribution >= 4 is 17.5 Å². The molecule has 0 saturated carbocycles. The van der Waals surface area contributed by atoms with Gasteiger partial charge in [-0.25, -0.2) is 4.98 Å². The number of anilines is 2. The molecule has 0 aliphatic carbocycles. The van der Waals surface area contributed by atoms with Gasteiger partial charge in [0.15, 0.2) is 0 Å². The number of hydrogen-bond donors (Lipinski definition) is 2. The van der Waals surface area contributed by atoms with Crippen molar-refractivity contribution in [2.24, 2.45) is 11.7 Å². The Morgan fingerprint density at radius 1 is 1.50 bits per heavy atom. The fraction of sp³-hybridized carbons (Fsp3) is 0.583. The number of nitrogens with zero attached hydrogens (tertiary/aromatic N) is 3. The van der Waals surface area contributed by atoms with Crippen LogP contribution in [0.2, 0.25) is 0 Å². The van der Waals surface area contributed by atoms with Gasteiger partial charge in [0.1, 0.15) is 11.6 Å². The summed E-state index contributed by atoms with van der Waals surface area (Å²) in [6, 6.07) is 0. The first-order chi connectivity index (χ1) is 8.52. The second-order valence-electron chi connectivity index (χ2n) is 4.53. The second-order valence-corrected chi connectivity index (χ2v) is 4.53. The van der Waals surface area contributed by atoms with E-state index >= 15 is 0 Å². The monoisotopic (exact) mass is 251 g/mol. The van der Waals surface area contributed by atoms with Gasteiger partial charge in [-0.05, 0) is 12.8 Å². The number of amides is 1. The molecule has 0 aliphatic heterocycles. The fourth-order valence-corrected chi connectivity index (χ4v) is 1.64. The molecule has 0 spiro atoms. The smallest absolute Gasteiger partial charge is 0.236 e. The molecule has 1 amide bonds. The van der Waals surface area contributed by atoms with Crippen molar-refractivity contribution in [1.82, 2.24) is 9.97 Å². The lowest BCUT2D eigenvalue weighted by molar-refractivity contribution is -0.116. The number of primary amides is 1. The molecule has 0 aliphatic rings. The maximum absolute atomic E-state index is 11.1. The highest BCUT2D eigenvalue weighted by molar-refractivity contribution is 5.79. The van der Waals surface area contributed by atoms with Gasteiger partial charge < -0.3 is 16.0 Å². The van der Waals surface area contributed by atoms with Gasteiger partial charge in [0.25, 0.3) is 0 Å². The first kappa shape index (κ1) is 14.2. The number of carbonyl (C=O) groups excluding carboxylic acids is 1. The first-order valence-corrected chi connectivity index (χ1v) is 6.12. The SMILES string of the molecule is CCNc1cncc(N(CC(N)=O)CC(C)C)n1. The molecule has 0 atom stereocenters. The third-order valence-electron chi connectivity index (χ3n) is 2.24. The fourth-order valence-electron chi connectivity index (χ4n) is 1.64. The molecule has 0 radical (unpaired) electrons. The van der Waals surface area contributed by atoms with Gasteiger partial charge in [-0.1, -0.05) is 13.8 Å². The van der Waals surface area contributed by atoms with E-state index in [0.29, 0.717) is 24.1 Å². The lowest BCUT2D eigenvalue weighted by Gasteiger charge is -2.24. The van der Waals surface area contributed by atoms with Gasteiger partial charge in [-0.3, -0.25) is 9.78 Å². The minimum Gasteiger partial charge on any atom is -0.369 e. The van der Waals surface area contributed by atoms with Gasteiger partial charge in [0.05, 0.1) is 18.9 Å². The minimum absolute atomic E-state index is 0.155. The van der Waals surface area contributed by atoms with Crippen LogP contribution in [-0.4, -0.2) is 35.5 Å². The molecule has 1 aromatic rings. The number of hydrogen-bond acceptors (Lipinski definition) is 5. The maximum Gasteiger partial charge on any atom is 0.236 e. The van der Waals surface area contributed by atoms with Gasteiger partial charge >= 0.3 is 0 Å². The molecule has 0 unspecified atom stereocenters. The lowest BCUT2D eigenvalue weighted by Crippen LogP contribution is -2.37. The van der Waals surface area contributed by atoms with Crippen LogP contribution in [0, 0.1) is 5.92 Å². The molecule has 3 N–H and O–H groups in total. The van der Waals surface area contributed by atoms with E-state index < -0.39 is 0 Å². The molecule has 6 heteroatoms. The van der Waals surface area contributed by atoms with Crippen LogP contribution in [0.5, 0.6) is 0 Å².